The topological polar surface area (TPSA) is 66.5 Å². The minimum Gasteiger partial charge on any atom is -0.325 e. The Hall–Kier alpha value is -3.97. The van der Waals surface area contributed by atoms with Gasteiger partial charge in [-0.15, -0.1) is 0 Å². The molecule has 0 aliphatic carbocycles. The maximum atomic E-state index is 13.4. The molecule has 166 valence electrons. The Balaban J connectivity index is 1.56. The molecular weight excluding hydrogens is 439 g/mol. The Morgan fingerprint density at radius 3 is 1.88 bits per heavy atom. The van der Waals surface area contributed by atoms with Crippen molar-refractivity contribution < 1.29 is 17.6 Å². The molecule has 0 radical (unpaired) electrons. The Bertz CT molecular complexity index is 1330. The number of hydrogen-bond acceptors (Lipinski definition) is 3. The van der Waals surface area contributed by atoms with E-state index in [2.05, 4.69) is 5.32 Å². The number of nitrogens with one attached hydrogen (secondary N) is 1. The van der Waals surface area contributed by atoms with Gasteiger partial charge in [-0.1, -0.05) is 60.7 Å². The Labute approximate surface area is 192 Å². The Kier molecular flexibility index (Phi) is 6.51. The number of rotatable bonds is 7. The third-order valence-electron chi connectivity index (χ3n) is 5.01. The lowest BCUT2D eigenvalue weighted by Gasteiger charge is -2.24. The van der Waals surface area contributed by atoms with Gasteiger partial charge in [0.05, 0.1) is 10.6 Å². The summed E-state index contributed by atoms with van der Waals surface area (Å²) in [5.41, 5.74) is 2.77. The molecule has 33 heavy (non-hydrogen) atoms. The third-order valence-corrected chi connectivity index (χ3v) is 6.80. The second kappa shape index (κ2) is 9.67. The van der Waals surface area contributed by atoms with Crippen LogP contribution in [0.3, 0.4) is 0 Å². The van der Waals surface area contributed by atoms with Gasteiger partial charge < -0.3 is 5.32 Å². The van der Waals surface area contributed by atoms with Gasteiger partial charge in [0, 0.05) is 5.69 Å². The zero-order chi connectivity index (χ0) is 23.3. The van der Waals surface area contributed by atoms with Crippen molar-refractivity contribution in [2.24, 2.45) is 0 Å². The number of amides is 1. The quantitative estimate of drug-likeness (QED) is 0.406. The predicted octanol–water partition coefficient (Wildman–Crippen LogP) is 5.33. The molecule has 0 fully saturated rings. The van der Waals surface area contributed by atoms with Crippen LogP contribution in [0.2, 0.25) is 0 Å². The third kappa shape index (κ3) is 5.27. The van der Waals surface area contributed by atoms with E-state index in [0.717, 1.165) is 27.6 Å². The van der Waals surface area contributed by atoms with Crippen LogP contribution in [0.1, 0.15) is 0 Å². The smallest absolute Gasteiger partial charge is 0.264 e. The minimum atomic E-state index is -4.05. The maximum absolute atomic E-state index is 13.4. The molecule has 0 spiro atoms. The van der Waals surface area contributed by atoms with E-state index >= 15 is 0 Å². The van der Waals surface area contributed by atoms with Crippen molar-refractivity contribution in [1.29, 1.82) is 0 Å². The molecule has 0 bridgehead atoms. The summed E-state index contributed by atoms with van der Waals surface area (Å²) in [7, 11) is -4.05. The summed E-state index contributed by atoms with van der Waals surface area (Å²) in [6.45, 7) is -0.469. The van der Waals surface area contributed by atoms with Gasteiger partial charge in [0.1, 0.15) is 12.4 Å². The van der Waals surface area contributed by atoms with E-state index in [1.54, 1.807) is 30.3 Å². The highest BCUT2D eigenvalue weighted by Crippen LogP contribution is 2.25. The molecule has 5 nitrogen and oxygen atoms in total. The lowest BCUT2D eigenvalue weighted by molar-refractivity contribution is -0.114. The SMILES string of the molecule is O=C(CN(c1ccc(F)cc1)S(=O)(=O)c1ccccc1)Nc1ccc(-c2ccccc2)cc1. The highest BCUT2D eigenvalue weighted by molar-refractivity contribution is 7.92. The van der Waals surface area contributed by atoms with Crippen molar-refractivity contribution in [3.05, 3.63) is 115 Å². The van der Waals surface area contributed by atoms with E-state index in [4.69, 9.17) is 0 Å². The van der Waals surface area contributed by atoms with Crippen molar-refractivity contribution in [2.45, 2.75) is 4.90 Å². The summed E-state index contributed by atoms with van der Waals surface area (Å²) in [6.07, 6.45) is 0. The summed E-state index contributed by atoms with van der Waals surface area (Å²) in [5, 5.41) is 2.74. The average molecular weight is 461 g/mol. The molecule has 0 atom stereocenters. The maximum Gasteiger partial charge on any atom is 0.264 e. The number of benzene rings is 4. The fourth-order valence-corrected chi connectivity index (χ4v) is 4.79. The fourth-order valence-electron chi connectivity index (χ4n) is 3.35. The summed E-state index contributed by atoms with van der Waals surface area (Å²) in [4.78, 5) is 12.8. The summed E-state index contributed by atoms with van der Waals surface area (Å²) in [5.74, 6) is -1.02. The molecule has 4 rings (SSSR count). The van der Waals surface area contributed by atoms with Crippen LogP contribution in [0, 0.1) is 5.82 Å². The normalized spacial score (nSPS) is 11.1. The highest BCUT2D eigenvalue weighted by Gasteiger charge is 2.27. The van der Waals surface area contributed by atoms with Gasteiger partial charge in [0.25, 0.3) is 10.0 Å². The molecule has 0 aliphatic rings. The summed E-state index contributed by atoms with van der Waals surface area (Å²) in [6, 6.07) is 29.9. The number of halogens is 1. The Morgan fingerprint density at radius 1 is 0.727 bits per heavy atom. The molecule has 0 saturated heterocycles. The molecule has 1 N–H and O–H groups in total. The van der Waals surface area contributed by atoms with E-state index in [0.29, 0.717) is 5.69 Å². The van der Waals surface area contributed by atoms with Gasteiger partial charge in [-0.3, -0.25) is 9.10 Å². The van der Waals surface area contributed by atoms with E-state index in [9.17, 15) is 17.6 Å². The average Bonchev–Trinajstić information content (AvgIpc) is 2.85. The first-order valence-corrected chi connectivity index (χ1v) is 11.7. The van der Waals surface area contributed by atoms with Gasteiger partial charge in [-0.05, 0) is 59.7 Å². The van der Waals surface area contributed by atoms with Crippen LogP contribution in [-0.4, -0.2) is 20.9 Å². The molecule has 0 heterocycles. The molecular formula is C26H21FN2O3S. The number of nitrogens with zero attached hydrogens (tertiary/aromatic N) is 1. The second-order valence-electron chi connectivity index (χ2n) is 7.29. The van der Waals surface area contributed by atoms with Crippen LogP contribution in [0.5, 0.6) is 0 Å². The van der Waals surface area contributed by atoms with Crippen LogP contribution in [-0.2, 0) is 14.8 Å². The van der Waals surface area contributed by atoms with E-state index < -0.39 is 28.3 Å². The van der Waals surface area contributed by atoms with Crippen LogP contribution in [0.4, 0.5) is 15.8 Å². The predicted molar refractivity (Wildman–Crippen MR) is 128 cm³/mol. The minimum absolute atomic E-state index is 0.0364. The molecule has 0 aromatic heterocycles. The summed E-state index contributed by atoms with van der Waals surface area (Å²) < 4.78 is 40.9. The standard InChI is InChI=1S/C26H21FN2O3S/c27-22-13-17-24(18-14-22)29(33(31,32)25-9-5-2-6-10-25)19-26(30)28-23-15-11-21(12-16-23)20-7-3-1-4-8-20/h1-18H,19H2,(H,28,30). The molecule has 1 amide bonds. The fraction of sp³-hybridized carbons (Fsp3) is 0.0385. The number of anilines is 2. The number of carbonyl (C=O) groups is 1. The molecule has 0 aliphatic heterocycles. The molecule has 0 unspecified atom stereocenters. The van der Waals surface area contributed by atoms with E-state index in [1.807, 2.05) is 42.5 Å². The van der Waals surface area contributed by atoms with Gasteiger partial charge >= 0.3 is 0 Å². The largest absolute Gasteiger partial charge is 0.325 e. The first-order chi connectivity index (χ1) is 15.9. The number of hydrogen-bond donors (Lipinski definition) is 1. The summed E-state index contributed by atoms with van der Waals surface area (Å²) >= 11 is 0. The van der Waals surface area contributed by atoms with Crippen LogP contribution < -0.4 is 9.62 Å². The first kappa shape index (κ1) is 22.2. The lowest BCUT2D eigenvalue weighted by Crippen LogP contribution is -2.38. The van der Waals surface area contributed by atoms with Crippen LogP contribution >= 0.6 is 0 Å². The molecule has 4 aromatic rings. The van der Waals surface area contributed by atoms with Crippen molar-refractivity contribution in [1.82, 2.24) is 0 Å². The van der Waals surface area contributed by atoms with E-state index in [1.165, 1.54) is 24.3 Å². The zero-order valence-electron chi connectivity index (χ0n) is 17.6. The van der Waals surface area contributed by atoms with Crippen molar-refractivity contribution in [3.63, 3.8) is 0 Å². The number of sulfonamides is 1. The van der Waals surface area contributed by atoms with Gasteiger partial charge in [-0.2, -0.15) is 0 Å². The monoisotopic (exact) mass is 460 g/mol. The van der Waals surface area contributed by atoms with Crippen molar-refractivity contribution in [2.75, 3.05) is 16.2 Å². The molecule has 7 heteroatoms. The lowest BCUT2D eigenvalue weighted by atomic mass is 10.1. The van der Waals surface area contributed by atoms with E-state index in [-0.39, 0.29) is 10.6 Å². The molecule has 4 aromatic carbocycles. The van der Waals surface area contributed by atoms with Gasteiger partial charge in [0.2, 0.25) is 5.91 Å². The zero-order valence-corrected chi connectivity index (χ0v) is 18.4. The van der Waals surface area contributed by atoms with Crippen molar-refractivity contribution in [3.8, 4) is 11.1 Å². The second-order valence-corrected chi connectivity index (χ2v) is 9.16. The highest BCUT2D eigenvalue weighted by atomic mass is 32.2. The van der Waals surface area contributed by atoms with Crippen molar-refractivity contribution >= 4 is 27.3 Å². The van der Waals surface area contributed by atoms with Gasteiger partial charge in [0.15, 0.2) is 0 Å². The molecule has 0 saturated carbocycles. The van der Waals surface area contributed by atoms with Crippen LogP contribution in [0.15, 0.2) is 114 Å². The Morgan fingerprint density at radius 2 is 1.27 bits per heavy atom. The number of carbonyl (C=O) groups excluding carboxylic acids is 1. The first-order valence-electron chi connectivity index (χ1n) is 10.2. The van der Waals surface area contributed by atoms with Gasteiger partial charge in [-0.25, -0.2) is 12.8 Å². The van der Waals surface area contributed by atoms with Crippen LogP contribution in [0.25, 0.3) is 11.1 Å².